The zero-order valence-corrected chi connectivity index (χ0v) is 18.5. The minimum atomic E-state index is -3.75. The SMILES string of the molecule is Cc1cc(C)c(C#N)c(SCC(=O)Nc2ccc(S(=O)(=O)Nc3nccs3)cc2)n1. The number of aromatic nitrogens is 2. The number of carbonyl (C=O) groups is 1. The van der Waals surface area contributed by atoms with Crippen molar-refractivity contribution in [3.05, 3.63) is 58.7 Å². The Hall–Kier alpha value is -2.94. The quantitative estimate of drug-likeness (QED) is 0.518. The largest absolute Gasteiger partial charge is 0.325 e. The minimum Gasteiger partial charge on any atom is -0.325 e. The summed E-state index contributed by atoms with van der Waals surface area (Å²) in [6.07, 6.45) is 1.51. The summed E-state index contributed by atoms with van der Waals surface area (Å²) in [7, 11) is -3.75. The van der Waals surface area contributed by atoms with Crippen molar-refractivity contribution in [2.24, 2.45) is 0 Å². The van der Waals surface area contributed by atoms with E-state index in [-0.39, 0.29) is 21.7 Å². The van der Waals surface area contributed by atoms with Crippen molar-refractivity contribution >= 4 is 49.8 Å². The van der Waals surface area contributed by atoms with Crippen LogP contribution in [-0.4, -0.2) is 30.0 Å². The number of pyridine rings is 1. The molecule has 0 saturated carbocycles. The van der Waals surface area contributed by atoms with Gasteiger partial charge in [-0.25, -0.2) is 18.4 Å². The molecule has 0 aliphatic carbocycles. The Labute approximate surface area is 182 Å². The van der Waals surface area contributed by atoms with Gasteiger partial charge in [-0.05, 0) is 49.7 Å². The zero-order chi connectivity index (χ0) is 21.7. The molecule has 3 aromatic rings. The molecule has 1 amide bonds. The lowest BCUT2D eigenvalue weighted by molar-refractivity contribution is -0.113. The van der Waals surface area contributed by atoms with E-state index in [9.17, 15) is 18.5 Å². The summed E-state index contributed by atoms with van der Waals surface area (Å²) in [5, 5.41) is 14.5. The summed E-state index contributed by atoms with van der Waals surface area (Å²) in [5.74, 6) is -0.225. The van der Waals surface area contributed by atoms with Gasteiger partial charge in [0, 0.05) is 23.0 Å². The number of hydrogen-bond donors (Lipinski definition) is 2. The van der Waals surface area contributed by atoms with Gasteiger partial charge in [-0.15, -0.1) is 11.3 Å². The van der Waals surface area contributed by atoms with Crippen LogP contribution in [0.4, 0.5) is 10.8 Å². The maximum absolute atomic E-state index is 12.3. The average molecular weight is 460 g/mol. The number of nitriles is 1. The highest BCUT2D eigenvalue weighted by Crippen LogP contribution is 2.24. The molecule has 0 aliphatic heterocycles. The van der Waals surface area contributed by atoms with E-state index in [1.807, 2.05) is 19.9 Å². The predicted molar refractivity (Wildman–Crippen MR) is 117 cm³/mol. The van der Waals surface area contributed by atoms with E-state index in [0.29, 0.717) is 16.3 Å². The second kappa shape index (κ2) is 9.25. The van der Waals surface area contributed by atoms with Gasteiger partial charge in [0.05, 0.1) is 16.2 Å². The standard InChI is InChI=1S/C19H17N5O3S3/c1-12-9-13(2)22-18(16(12)10-20)29-11-17(25)23-14-3-5-15(6-4-14)30(26,27)24-19-21-7-8-28-19/h3-9H,11H2,1-2H3,(H,21,24)(H,23,25). The van der Waals surface area contributed by atoms with Crippen LogP contribution in [0.3, 0.4) is 0 Å². The number of rotatable bonds is 7. The first-order valence-electron chi connectivity index (χ1n) is 8.62. The molecule has 2 N–H and O–H groups in total. The number of nitrogens with zero attached hydrogens (tertiary/aromatic N) is 3. The molecule has 3 rings (SSSR count). The lowest BCUT2D eigenvalue weighted by atomic mass is 10.1. The van der Waals surface area contributed by atoms with E-state index in [2.05, 4.69) is 26.1 Å². The van der Waals surface area contributed by atoms with Crippen LogP contribution >= 0.6 is 23.1 Å². The zero-order valence-electron chi connectivity index (χ0n) is 16.0. The lowest BCUT2D eigenvalue weighted by Gasteiger charge is -2.09. The Morgan fingerprint density at radius 1 is 1.27 bits per heavy atom. The molecule has 0 aliphatic rings. The predicted octanol–water partition coefficient (Wildman–Crippen LogP) is 3.56. The molecule has 30 heavy (non-hydrogen) atoms. The first kappa shape index (κ1) is 21.8. The number of benzene rings is 1. The number of sulfonamides is 1. The number of aryl methyl sites for hydroxylation is 2. The van der Waals surface area contributed by atoms with Crippen molar-refractivity contribution in [2.75, 3.05) is 15.8 Å². The minimum absolute atomic E-state index is 0.0585. The van der Waals surface area contributed by atoms with Gasteiger partial charge in [-0.3, -0.25) is 9.52 Å². The van der Waals surface area contributed by atoms with Crippen molar-refractivity contribution in [3.63, 3.8) is 0 Å². The van der Waals surface area contributed by atoms with Crippen LogP contribution in [0.1, 0.15) is 16.8 Å². The van der Waals surface area contributed by atoms with Crippen molar-refractivity contribution < 1.29 is 13.2 Å². The van der Waals surface area contributed by atoms with Crippen LogP contribution < -0.4 is 10.0 Å². The molecule has 0 spiro atoms. The molecule has 0 unspecified atom stereocenters. The van der Waals surface area contributed by atoms with Crippen LogP contribution in [0.15, 0.2) is 51.8 Å². The Kier molecular flexibility index (Phi) is 6.71. The van der Waals surface area contributed by atoms with Crippen LogP contribution in [-0.2, 0) is 14.8 Å². The van der Waals surface area contributed by atoms with Crippen molar-refractivity contribution in [1.29, 1.82) is 5.26 Å². The summed E-state index contributed by atoms with van der Waals surface area (Å²) in [6.45, 7) is 3.66. The molecular formula is C19H17N5O3S3. The highest BCUT2D eigenvalue weighted by molar-refractivity contribution is 8.00. The van der Waals surface area contributed by atoms with E-state index in [0.717, 1.165) is 11.3 Å². The molecule has 0 saturated heterocycles. The maximum Gasteiger partial charge on any atom is 0.263 e. The van der Waals surface area contributed by atoms with Gasteiger partial charge in [-0.2, -0.15) is 5.26 Å². The summed E-state index contributed by atoms with van der Waals surface area (Å²) in [4.78, 5) is 20.6. The van der Waals surface area contributed by atoms with E-state index < -0.39 is 10.0 Å². The van der Waals surface area contributed by atoms with E-state index in [1.54, 1.807) is 5.38 Å². The number of carbonyl (C=O) groups excluding carboxylic acids is 1. The van der Waals surface area contributed by atoms with Gasteiger partial charge < -0.3 is 5.32 Å². The van der Waals surface area contributed by atoms with Crippen LogP contribution in [0.2, 0.25) is 0 Å². The van der Waals surface area contributed by atoms with Crippen LogP contribution in [0.25, 0.3) is 0 Å². The van der Waals surface area contributed by atoms with E-state index >= 15 is 0 Å². The number of thiazole rings is 1. The van der Waals surface area contributed by atoms with Gasteiger partial charge in [0.1, 0.15) is 11.1 Å². The van der Waals surface area contributed by atoms with E-state index in [4.69, 9.17) is 0 Å². The molecule has 8 nitrogen and oxygen atoms in total. The number of nitrogens with one attached hydrogen (secondary N) is 2. The fourth-order valence-corrected chi connectivity index (χ4v) is 5.23. The van der Waals surface area contributed by atoms with Gasteiger partial charge in [0.25, 0.3) is 10.0 Å². The summed E-state index contributed by atoms with van der Waals surface area (Å²) in [5.41, 5.74) is 2.51. The number of thioether (sulfide) groups is 1. The normalized spacial score (nSPS) is 11.0. The second-order valence-corrected chi connectivity index (χ2v) is 9.72. The first-order valence-corrected chi connectivity index (χ1v) is 12.0. The smallest absolute Gasteiger partial charge is 0.263 e. The molecule has 154 valence electrons. The average Bonchev–Trinajstić information content (AvgIpc) is 3.19. The summed E-state index contributed by atoms with van der Waals surface area (Å²) >= 11 is 2.36. The molecule has 1 aromatic carbocycles. The number of hydrogen-bond acceptors (Lipinski definition) is 8. The maximum atomic E-state index is 12.3. The molecule has 11 heteroatoms. The van der Waals surface area contributed by atoms with Gasteiger partial charge >= 0.3 is 0 Å². The fraction of sp³-hybridized carbons (Fsp3) is 0.158. The lowest BCUT2D eigenvalue weighted by Crippen LogP contribution is -2.15. The molecule has 0 radical (unpaired) electrons. The summed E-state index contributed by atoms with van der Waals surface area (Å²) < 4.78 is 27.1. The third-order valence-corrected chi connectivity index (χ3v) is 7.01. The monoisotopic (exact) mass is 459 g/mol. The first-order chi connectivity index (χ1) is 14.3. The highest BCUT2D eigenvalue weighted by atomic mass is 32.2. The molecule has 2 heterocycles. The highest BCUT2D eigenvalue weighted by Gasteiger charge is 2.16. The molecule has 0 fully saturated rings. The van der Waals surface area contributed by atoms with E-state index in [1.165, 1.54) is 53.6 Å². The van der Waals surface area contributed by atoms with Gasteiger partial charge in [-0.1, -0.05) is 11.8 Å². The number of anilines is 2. The second-order valence-electron chi connectivity index (χ2n) is 6.18. The Bertz CT molecular complexity index is 1200. The number of amides is 1. The fourth-order valence-electron chi connectivity index (χ4n) is 2.54. The molecule has 0 bridgehead atoms. The van der Waals surface area contributed by atoms with Gasteiger partial charge in [0.2, 0.25) is 5.91 Å². The molecule has 2 aromatic heterocycles. The third-order valence-electron chi connectivity index (χ3n) is 3.87. The van der Waals surface area contributed by atoms with Crippen molar-refractivity contribution in [2.45, 2.75) is 23.8 Å². The molecule has 0 atom stereocenters. The topological polar surface area (TPSA) is 125 Å². The Morgan fingerprint density at radius 3 is 2.63 bits per heavy atom. The van der Waals surface area contributed by atoms with Crippen molar-refractivity contribution in [3.8, 4) is 6.07 Å². The Morgan fingerprint density at radius 2 is 2.00 bits per heavy atom. The van der Waals surface area contributed by atoms with Crippen LogP contribution in [0.5, 0.6) is 0 Å². The Balaban J connectivity index is 1.62. The summed E-state index contributed by atoms with van der Waals surface area (Å²) in [6, 6.07) is 9.76. The molecular weight excluding hydrogens is 442 g/mol. The van der Waals surface area contributed by atoms with Gasteiger partial charge in [0.15, 0.2) is 5.13 Å². The van der Waals surface area contributed by atoms with Crippen molar-refractivity contribution in [1.82, 2.24) is 9.97 Å². The van der Waals surface area contributed by atoms with Crippen LogP contribution in [0, 0.1) is 25.2 Å². The third kappa shape index (κ3) is 5.35.